The summed E-state index contributed by atoms with van der Waals surface area (Å²) in [5.74, 6) is -0.310. The van der Waals surface area contributed by atoms with Gasteiger partial charge in [0.15, 0.2) is 0 Å². The fraction of sp³-hybridized carbons (Fsp3) is 0.467. The molecule has 0 heterocycles. The number of hydrogen-bond acceptors (Lipinski definition) is 3. The van der Waals surface area contributed by atoms with E-state index in [0.717, 1.165) is 0 Å². The molecule has 0 aliphatic rings. The molecule has 0 aliphatic carbocycles. The van der Waals surface area contributed by atoms with Crippen molar-refractivity contribution in [2.24, 2.45) is 0 Å². The highest BCUT2D eigenvalue weighted by Crippen LogP contribution is 2.18. The van der Waals surface area contributed by atoms with Gasteiger partial charge >= 0.3 is 0 Å². The number of para-hydroxylation sites is 1. The SMILES string of the molecule is CCN(CCC(=O)N(C)CCC#N)c1ccccc1F. The molecule has 108 valence electrons. The van der Waals surface area contributed by atoms with Crippen LogP contribution in [0.4, 0.5) is 10.1 Å². The van der Waals surface area contributed by atoms with Gasteiger partial charge in [-0.2, -0.15) is 5.26 Å². The van der Waals surface area contributed by atoms with Crippen LogP contribution in [-0.4, -0.2) is 37.5 Å². The molecular formula is C15H20FN3O. The molecule has 0 N–H and O–H groups in total. The standard InChI is InChI=1S/C15H20FN3O/c1-3-19(14-8-5-4-7-13(14)16)12-9-15(20)18(2)11-6-10-17/h4-5,7-8H,3,6,9,11-12H2,1-2H3. The highest BCUT2D eigenvalue weighted by Gasteiger charge is 2.13. The molecule has 0 saturated carbocycles. The van der Waals surface area contributed by atoms with E-state index < -0.39 is 0 Å². The minimum Gasteiger partial charge on any atom is -0.369 e. The van der Waals surface area contributed by atoms with Crippen LogP contribution in [0, 0.1) is 17.1 Å². The summed E-state index contributed by atoms with van der Waals surface area (Å²) >= 11 is 0. The lowest BCUT2D eigenvalue weighted by atomic mass is 10.2. The van der Waals surface area contributed by atoms with Crippen molar-refractivity contribution in [2.75, 3.05) is 31.6 Å². The van der Waals surface area contributed by atoms with Crippen molar-refractivity contribution < 1.29 is 9.18 Å². The molecule has 0 aliphatic heterocycles. The summed E-state index contributed by atoms with van der Waals surface area (Å²) in [5.41, 5.74) is 0.516. The van der Waals surface area contributed by atoms with E-state index in [1.54, 1.807) is 30.1 Å². The van der Waals surface area contributed by atoms with Crippen LogP contribution in [0.1, 0.15) is 19.8 Å². The maximum absolute atomic E-state index is 13.7. The number of rotatable bonds is 7. The van der Waals surface area contributed by atoms with Crippen molar-refractivity contribution in [1.29, 1.82) is 5.26 Å². The summed E-state index contributed by atoms with van der Waals surface area (Å²) in [6.45, 7) is 3.46. The Kier molecular flexibility index (Phi) is 6.51. The Morgan fingerprint density at radius 2 is 2.05 bits per heavy atom. The van der Waals surface area contributed by atoms with Crippen molar-refractivity contribution in [2.45, 2.75) is 19.8 Å². The van der Waals surface area contributed by atoms with Gasteiger partial charge in [0.25, 0.3) is 0 Å². The van der Waals surface area contributed by atoms with Crippen molar-refractivity contribution in [3.05, 3.63) is 30.1 Å². The first-order valence-electron chi connectivity index (χ1n) is 6.70. The first-order valence-corrected chi connectivity index (χ1v) is 6.70. The van der Waals surface area contributed by atoms with Crippen molar-refractivity contribution in [1.82, 2.24) is 4.90 Å². The molecule has 1 rings (SSSR count). The molecule has 0 aromatic heterocycles. The average Bonchev–Trinajstić information content (AvgIpc) is 2.46. The molecule has 0 spiro atoms. The van der Waals surface area contributed by atoms with E-state index in [1.165, 1.54) is 6.07 Å². The number of carbonyl (C=O) groups excluding carboxylic acids is 1. The van der Waals surface area contributed by atoms with E-state index in [2.05, 4.69) is 0 Å². The average molecular weight is 277 g/mol. The third-order valence-corrected chi connectivity index (χ3v) is 3.16. The van der Waals surface area contributed by atoms with Crippen LogP contribution in [0.2, 0.25) is 0 Å². The zero-order chi connectivity index (χ0) is 15.0. The Bertz CT molecular complexity index is 484. The number of hydrogen-bond donors (Lipinski definition) is 0. The molecule has 4 nitrogen and oxygen atoms in total. The van der Waals surface area contributed by atoms with Gasteiger partial charge < -0.3 is 9.80 Å². The van der Waals surface area contributed by atoms with E-state index in [4.69, 9.17) is 5.26 Å². The van der Waals surface area contributed by atoms with Crippen LogP contribution < -0.4 is 4.90 Å². The van der Waals surface area contributed by atoms with Gasteiger partial charge in [0.05, 0.1) is 18.2 Å². The summed E-state index contributed by atoms with van der Waals surface area (Å²) in [4.78, 5) is 15.3. The van der Waals surface area contributed by atoms with Crippen LogP contribution >= 0.6 is 0 Å². The molecule has 0 unspecified atom stereocenters. The zero-order valence-electron chi connectivity index (χ0n) is 12.0. The third-order valence-electron chi connectivity index (χ3n) is 3.16. The molecule has 1 aromatic carbocycles. The minimum atomic E-state index is -0.278. The van der Waals surface area contributed by atoms with Gasteiger partial charge in [0.1, 0.15) is 5.82 Å². The number of nitrogens with zero attached hydrogens (tertiary/aromatic N) is 3. The van der Waals surface area contributed by atoms with E-state index in [-0.39, 0.29) is 11.7 Å². The van der Waals surface area contributed by atoms with Gasteiger partial charge in [0.2, 0.25) is 5.91 Å². The fourth-order valence-electron chi connectivity index (χ4n) is 1.92. The lowest BCUT2D eigenvalue weighted by molar-refractivity contribution is -0.129. The minimum absolute atomic E-state index is 0.0324. The highest BCUT2D eigenvalue weighted by atomic mass is 19.1. The van der Waals surface area contributed by atoms with Gasteiger partial charge in [-0.05, 0) is 19.1 Å². The van der Waals surface area contributed by atoms with Crippen LogP contribution in [0.25, 0.3) is 0 Å². The summed E-state index contributed by atoms with van der Waals surface area (Å²) in [5, 5.41) is 8.49. The summed E-state index contributed by atoms with van der Waals surface area (Å²) in [6.07, 6.45) is 0.636. The molecule has 1 amide bonds. The maximum atomic E-state index is 13.7. The topological polar surface area (TPSA) is 47.3 Å². The molecular weight excluding hydrogens is 257 g/mol. The number of benzene rings is 1. The van der Waals surface area contributed by atoms with Crippen LogP contribution in [0.5, 0.6) is 0 Å². The summed E-state index contributed by atoms with van der Waals surface area (Å²) < 4.78 is 13.7. The number of halogens is 1. The third kappa shape index (κ3) is 4.54. The second-order valence-corrected chi connectivity index (χ2v) is 4.50. The number of nitriles is 1. The lowest BCUT2D eigenvalue weighted by Gasteiger charge is -2.24. The Labute approximate surface area is 119 Å². The molecule has 5 heteroatoms. The van der Waals surface area contributed by atoms with Gasteiger partial charge in [-0.15, -0.1) is 0 Å². The van der Waals surface area contributed by atoms with Crippen LogP contribution in [0.15, 0.2) is 24.3 Å². The molecule has 0 saturated heterocycles. The Hall–Kier alpha value is -2.09. The monoisotopic (exact) mass is 277 g/mol. The molecule has 0 fully saturated rings. The molecule has 20 heavy (non-hydrogen) atoms. The van der Waals surface area contributed by atoms with E-state index in [1.807, 2.05) is 17.9 Å². The van der Waals surface area contributed by atoms with E-state index >= 15 is 0 Å². The number of anilines is 1. The number of amides is 1. The highest BCUT2D eigenvalue weighted by molar-refractivity contribution is 5.76. The Morgan fingerprint density at radius 3 is 2.65 bits per heavy atom. The van der Waals surface area contributed by atoms with Gasteiger partial charge in [-0.3, -0.25) is 4.79 Å². The number of carbonyl (C=O) groups is 1. The summed E-state index contributed by atoms with van der Waals surface area (Å²) in [7, 11) is 1.68. The summed E-state index contributed by atoms with van der Waals surface area (Å²) in [6, 6.07) is 8.56. The fourth-order valence-corrected chi connectivity index (χ4v) is 1.92. The molecule has 0 bridgehead atoms. The lowest BCUT2D eigenvalue weighted by Crippen LogP contribution is -2.33. The Morgan fingerprint density at radius 1 is 1.35 bits per heavy atom. The van der Waals surface area contributed by atoms with Gasteiger partial charge in [-0.1, -0.05) is 12.1 Å². The largest absolute Gasteiger partial charge is 0.369 e. The van der Waals surface area contributed by atoms with E-state index in [0.29, 0.717) is 38.2 Å². The van der Waals surface area contributed by atoms with Crippen molar-refractivity contribution >= 4 is 11.6 Å². The van der Waals surface area contributed by atoms with E-state index in [9.17, 15) is 9.18 Å². The first kappa shape index (κ1) is 16.0. The molecule has 0 radical (unpaired) electrons. The molecule has 1 aromatic rings. The Balaban J connectivity index is 2.56. The predicted molar refractivity (Wildman–Crippen MR) is 76.8 cm³/mol. The maximum Gasteiger partial charge on any atom is 0.224 e. The quantitative estimate of drug-likeness (QED) is 0.769. The normalized spacial score (nSPS) is 9.90. The van der Waals surface area contributed by atoms with Crippen molar-refractivity contribution in [3.63, 3.8) is 0 Å². The van der Waals surface area contributed by atoms with Crippen LogP contribution in [0.3, 0.4) is 0 Å². The smallest absolute Gasteiger partial charge is 0.224 e. The second-order valence-electron chi connectivity index (χ2n) is 4.50. The molecule has 0 atom stereocenters. The first-order chi connectivity index (χ1) is 9.60. The van der Waals surface area contributed by atoms with Crippen molar-refractivity contribution in [3.8, 4) is 6.07 Å². The zero-order valence-corrected chi connectivity index (χ0v) is 12.0. The van der Waals surface area contributed by atoms with Gasteiger partial charge in [-0.25, -0.2) is 4.39 Å². The van der Waals surface area contributed by atoms with Crippen LogP contribution in [-0.2, 0) is 4.79 Å². The predicted octanol–water partition coefficient (Wildman–Crippen LogP) is 2.41. The second kappa shape index (κ2) is 8.16. The van der Waals surface area contributed by atoms with Gasteiger partial charge in [0, 0.05) is 33.1 Å².